The summed E-state index contributed by atoms with van der Waals surface area (Å²) in [5.74, 6) is 0. The summed E-state index contributed by atoms with van der Waals surface area (Å²) in [6.45, 7) is 5.66. The molecule has 3 nitrogen and oxygen atoms in total. The third-order valence-electron chi connectivity index (χ3n) is 1.16. The Morgan fingerprint density at radius 1 is 1.80 bits per heavy atom. The molecule has 59 valence electrons. The Balaban J connectivity index is 3.25. The third kappa shape index (κ3) is 5.41. The highest BCUT2D eigenvalue weighted by Gasteiger charge is 2.03. The lowest BCUT2D eigenvalue weighted by molar-refractivity contribution is 0.122. The number of primary amides is 1. The highest BCUT2D eigenvalue weighted by Crippen LogP contribution is 2.02. The van der Waals surface area contributed by atoms with Gasteiger partial charge in [0, 0.05) is 0 Å². The molecule has 0 aliphatic rings. The van der Waals surface area contributed by atoms with Crippen molar-refractivity contribution in [2.24, 2.45) is 5.73 Å². The van der Waals surface area contributed by atoms with Gasteiger partial charge in [0.1, 0.15) is 6.10 Å². The summed E-state index contributed by atoms with van der Waals surface area (Å²) in [7, 11) is 0. The topological polar surface area (TPSA) is 52.3 Å². The summed E-state index contributed by atoms with van der Waals surface area (Å²) in [5, 5.41) is 0. The van der Waals surface area contributed by atoms with Gasteiger partial charge >= 0.3 is 6.09 Å². The Labute approximate surface area is 61.5 Å². The van der Waals surface area contributed by atoms with Crippen LogP contribution in [0.2, 0.25) is 0 Å². The molecule has 0 aliphatic carbocycles. The number of nitrogens with two attached hydrogens (primary N) is 1. The zero-order valence-corrected chi connectivity index (χ0v) is 6.30. The first-order valence-electron chi connectivity index (χ1n) is 3.46. The van der Waals surface area contributed by atoms with E-state index in [2.05, 4.69) is 18.6 Å². The third-order valence-corrected chi connectivity index (χ3v) is 1.16. The van der Waals surface area contributed by atoms with Crippen LogP contribution < -0.4 is 5.73 Å². The fourth-order valence-corrected chi connectivity index (χ4v) is 0.655. The summed E-state index contributed by atoms with van der Waals surface area (Å²) >= 11 is 0. The number of rotatable bonds is 4. The minimum absolute atomic E-state index is 0.280. The molecule has 10 heavy (non-hydrogen) atoms. The van der Waals surface area contributed by atoms with Crippen LogP contribution in [0, 0.1) is 6.92 Å². The molecule has 0 saturated carbocycles. The van der Waals surface area contributed by atoms with Crippen molar-refractivity contribution in [3.05, 3.63) is 6.92 Å². The minimum Gasteiger partial charge on any atom is -0.446 e. The van der Waals surface area contributed by atoms with Crippen molar-refractivity contribution in [3.63, 3.8) is 0 Å². The van der Waals surface area contributed by atoms with Gasteiger partial charge in [0.15, 0.2) is 0 Å². The number of ether oxygens (including phenoxy) is 1. The minimum atomic E-state index is -0.740. The molecule has 0 saturated heterocycles. The molecule has 0 bridgehead atoms. The molecular formula is C7H14NO2. The number of hydrogen-bond acceptors (Lipinski definition) is 2. The molecule has 0 aromatic carbocycles. The molecule has 3 heteroatoms. The molecule has 0 spiro atoms. The summed E-state index contributed by atoms with van der Waals surface area (Å²) in [4.78, 5) is 10.1. The molecule has 0 aliphatic heterocycles. The van der Waals surface area contributed by atoms with Gasteiger partial charge in [-0.3, -0.25) is 0 Å². The van der Waals surface area contributed by atoms with Crippen LogP contribution in [0.3, 0.4) is 0 Å². The van der Waals surface area contributed by atoms with Crippen molar-refractivity contribution in [3.8, 4) is 0 Å². The Bertz CT molecular complexity index is 104. The number of carbonyl (C=O) groups excluding carboxylic acids is 1. The first-order valence-corrected chi connectivity index (χ1v) is 3.46. The van der Waals surface area contributed by atoms with E-state index in [0.29, 0.717) is 0 Å². The number of unbranched alkanes of at least 4 members (excludes halogenated alkanes) is 1. The molecule has 0 rings (SSSR count). The number of carbonyl (C=O) groups is 1. The molecule has 0 fully saturated rings. The molecule has 1 amide bonds. The fraction of sp³-hybridized carbons (Fsp3) is 0.714. The lowest BCUT2D eigenvalue weighted by Gasteiger charge is -2.09. The van der Waals surface area contributed by atoms with Gasteiger partial charge < -0.3 is 10.5 Å². The average Bonchev–Trinajstić information content (AvgIpc) is 1.82. The van der Waals surface area contributed by atoms with Crippen LogP contribution in [0.15, 0.2) is 0 Å². The molecule has 1 unspecified atom stereocenters. The van der Waals surface area contributed by atoms with Crippen LogP contribution in [-0.2, 0) is 4.74 Å². The van der Waals surface area contributed by atoms with Crippen LogP contribution >= 0.6 is 0 Å². The van der Waals surface area contributed by atoms with Gasteiger partial charge in [0.25, 0.3) is 0 Å². The lowest BCUT2D eigenvalue weighted by Crippen LogP contribution is -2.20. The Hall–Kier alpha value is -0.730. The molecular weight excluding hydrogens is 130 g/mol. The van der Waals surface area contributed by atoms with E-state index in [1.807, 2.05) is 0 Å². The molecule has 0 aromatic heterocycles. The highest BCUT2D eigenvalue weighted by atomic mass is 16.6. The maximum atomic E-state index is 10.1. The first kappa shape index (κ1) is 9.27. The summed E-state index contributed by atoms with van der Waals surface area (Å²) in [6.07, 6.45) is 1.86. The maximum absolute atomic E-state index is 10.1. The predicted molar refractivity (Wildman–Crippen MR) is 39.3 cm³/mol. The fourth-order valence-electron chi connectivity index (χ4n) is 0.655. The van der Waals surface area contributed by atoms with Crippen molar-refractivity contribution in [1.82, 2.24) is 0 Å². The van der Waals surface area contributed by atoms with Crippen molar-refractivity contribution < 1.29 is 9.53 Å². The highest BCUT2D eigenvalue weighted by molar-refractivity contribution is 5.64. The van der Waals surface area contributed by atoms with Gasteiger partial charge in [-0.05, 0) is 13.3 Å². The lowest BCUT2D eigenvalue weighted by atomic mass is 10.2. The molecule has 1 radical (unpaired) electrons. The van der Waals surface area contributed by atoms with E-state index in [1.54, 1.807) is 0 Å². The van der Waals surface area contributed by atoms with Crippen LogP contribution in [0.4, 0.5) is 4.79 Å². The van der Waals surface area contributed by atoms with Gasteiger partial charge in [-0.1, -0.05) is 19.8 Å². The summed E-state index contributed by atoms with van der Waals surface area (Å²) < 4.78 is 4.58. The van der Waals surface area contributed by atoms with E-state index in [9.17, 15) is 4.79 Å². The Morgan fingerprint density at radius 3 is 2.80 bits per heavy atom. The van der Waals surface area contributed by atoms with Crippen LogP contribution in [0.5, 0.6) is 0 Å². The van der Waals surface area contributed by atoms with Gasteiger partial charge in [-0.2, -0.15) is 0 Å². The monoisotopic (exact) mass is 144 g/mol. The van der Waals surface area contributed by atoms with Crippen molar-refractivity contribution >= 4 is 6.09 Å². The van der Waals surface area contributed by atoms with Crippen molar-refractivity contribution in [2.75, 3.05) is 0 Å². The van der Waals surface area contributed by atoms with Crippen molar-refractivity contribution in [1.29, 1.82) is 0 Å². The average molecular weight is 144 g/mol. The van der Waals surface area contributed by atoms with Crippen LogP contribution in [-0.4, -0.2) is 12.2 Å². The Kier molecular flexibility index (Phi) is 4.72. The second-order valence-electron chi connectivity index (χ2n) is 2.20. The van der Waals surface area contributed by atoms with E-state index in [0.717, 1.165) is 19.3 Å². The van der Waals surface area contributed by atoms with Crippen molar-refractivity contribution in [2.45, 2.75) is 32.3 Å². The second kappa shape index (κ2) is 5.09. The molecule has 0 aromatic rings. The standard InChI is InChI=1S/C7H14NO2/c1-3-4-5-6(2)10-7(8)9/h6H,2-5H2,1H3,(H2,8,9). The SMILES string of the molecule is [CH2]C(CCCC)OC(N)=O. The van der Waals surface area contributed by atoms with Crippen LogP contribution in [0.1, 0.15) is 26.2 Å². The maximum Gasteiger partial charge on any atom is 0.404 e. The number of hydrogen-bond donors (Lipinski definition) is 1. The van der Waals surface area contributed by atoms with E-state index in [1.165, 1.54) is 0 Å². The van der Waals surface area contributed by atoms with E-state index < -0.39 is 6.09 Å². The Morgan fingerprint density at radius 2 is 2.40 bits per heavy atom. The smallest absolute Gasteiger partial charge is 0.404 e. The van der Waals surface area contributed by atoms with E-state index in [-0.39, 0.29) is 6.10 Å². The van der Waals surface area contributed by atoms with Gasteiger partial charge in [-0.15, -0.1) is 0 Å². The predicted octanol–water partition coefficient (Wildman–Crippen LogP) is 1.47. The van der Waals surface area contributed by atoms with Gasteiger partial charge in [0.2, 0.25) is 0 Å². The van der Waals surface area contributed by atoms with Crippen LogP contribution in [0.25, 0.3) is 0 Å². The summed E-state index contributed by atoms with van der Waals surface area (Å²) in [5.41, 5.74) is 4.76. The summed E-state index contributed by atoms with van der Waals surface area (Å²) in [6, 6.07) is 0. The van der Waals surface area contributed by atoms with Gasteiger partial charge in [0.05, 0.1) is 0 Å². The van der Waals surface area contributed by atoms with E-state index in [4.69, 9.17) is 5.73 Å². The van der Waals surface area contributed by atoms with Gasteiger partial charge in [-0.25, -0.2) is 4.79 Å². The normalized spacial score (nSPS) is 12.6. The quantitative estimate of drug-likeness (QED) is 0.649. The molecule has 2 N–H and O–H groups in total. The number of amides is 1. The second-order valence-corrected chi connectivity index (χ2v) is 2.20. The molecule has 0 heterocycles. The first-order chi connectivity index (χ1) is 4.66. The van der Waals surface area contributed by atoms with E-state index >= 15 is 0 Å². The zero-order chi connectivity index (χ0) is 7.98. The molecule has 1 atom stereocenters. The largest absolute Gasteiger partial charge is 0.446 e. The zero-order valence-electron chi connectivity index (χ0n) is 6.30.